The maximum atomic E-state index is 5.39. The van der Waals surface area contributed by atoms with Crippen molar-refractivity contribution in [3.63, 3.8) is 0 Å². The van der Waals surface area contributed by atoms with E-state index in [4.69, 9.17) is 4.74 Å². The molecule has 3 heteroatoms. The second-order valence-electron chi connectivity index (χ2n) is 3.91. The minimum absolute atomic E-state index is 0.596. The van der Waals surface area contributed by atoms with Gasteiger partial charge in [-0.25, -0.2) is 4.98 Å². The Bertz CT molecular complexity index is 436. The van der Waals surface area contributed by atoms with E-state index in [9.17, 15) is 0 Å². The normalized spacial score (nSPS) is 10.6. The summed E-state index contributed by atoms with van der Waals surface area (Å²) in [7, 11) is 0. The fourth-order valence-corrected chi connectivity index (χ4v) is 1.77. The summed E-state index contributed by atoms with van der Waals surface area (Å²) in [5, 5.41) is 0. The zero-order valence-electron chi connectivity index (χ0n) is 10.2. The van der Waals surface area contributed by atoms with Gasteiger partial charge in [-0.2, -0.15) is 0 Å². The van der Waals surface area contributed by atoms with Gasteiger partial charge in [-0.05, 0) is 18.9 Å². The van der Waals surface area contributed by atoms with Gasteiger partial charge in [0, 0.05) is 25.5 Å². The van der Waals surface area contributed by atoms with E-state index >= 15 is 0 Å². The molecule has 0 saturated heterocycles. The molecule has 0 atom stereocenters. The van der Waals surface area contributed by atoms with Gasteiger partial charge in [-0.1, -0.05) is 30.3 Å². The van der Waals surface area contributed by atoms with Crippen LogP contribution in [0.25, 0.3) is 0 Å². The molecule has 2 rings (SSSR count). The Labute approximate surface area is 102 Å². The molecular weight excluding hydrogens is 212 g/mol. The predicted octanol–water partition coefficient (Wildman–Crippen LogP) is 2.66. The smallest absolute Gasteiger partial charge is 0.134 e. The third kappa shape index (κ3) is 3.43. The van der Waals surface area contributed by atoms with Crippen molar-refractivity contribution in [1.29, 1.82) is 0 Å². The molecule has 0 bridgehead atoms. The highest BCUT2D eigenvalue weighted by Gasteiger charge is 2.02. The minimum atomic E-state index is 0.596. The van der Waals surface area contributed by atoms with Crippen molar-refractivity contribution < 1.29 is 4.74 Å². The molecule has 0 unspecified atom stereocenters. The lowest BCUT2D eigenvalue weighted by Crippen LogP contribution is -2.07. The SMILES string of the molecule is CCOCc1nccn1CCc1ccccc1. The van der Waals surface area contributed by atoms with Gasteiger partial charge in [0.25, 0.3) is 0 Å². The Hall–Kier alpha value is -1.61. The number of aryl methyl sites for hydroxylation is 2. The molecule has 3 nitrogen and oxygen atoms in total. The van der Waals surface area contributed by atoms with Crippen LogP contribution in [0.15, 0.2) is 42.7 Å². The van der Waals surface area contributed by atoms with E-state index in [1.54, 1.807) is 0 Å². The lowest BCUT2D eigenvalue weighted by atomic mass is 10.1. The van der Waals surface area contributed by atoms with Gasteiger partial charge in [0.05, 0.1) is 0 Å². The average molecular weight is 230 g/mol. The van der Waals surface area contributed by atoms with Crippen LogP contribution in [0.4, 0.5) is 0 Å². The van der Waals surface area contributed by atoms with Crippen LogP contribution in [0, 0.1) is 0 Å². The van der Waals surface area contributed by atoms with E-state index in [1.165, 1.54) is 5.56 Å². The maximum absolute atomic E-state index is 5.39. The Balaban J connectivity index is 1.92. The summed E-state index contributed by atoms with van der Waals surface area (Å²) in [4.78, 5) is 4.30. The number of hydrogen-bond acceptors (Lipinski definition) is 2. The van der Waals surface area contributed by atoms with Gasteiger partial charge in [-0.15, -0.1) is 0 Å². The molecule has 0 aliphatic heterocycles. The van der Waals surface area contributed by atoms with Crippen molar-refractivity contribution in [1.82, 2.24) is 9.55 Å². The number of benzene rings is 1. The van der Waals surface area contributed by atoms with E-state index in [1.807, 2.05) is 25.4 Å². The molecule has 0 amide bonds. The second-order valence-corrected chi connectivity index (χ2v) is 3.91. The molecular formula is C14H18N2O. The number of ether oxygens (including phenoxy) is 1. The topological polar surface area (TPSA) is 27.1 Å². The van der Waals surface area contributed by atoms with Crippen molar-refractivity contribution in [2.75, 3.05) is 6.61 Å². The van der Waals surface area contributed by atoms with Crippen LogP contribution in [-0.2, 0) is 24.3 Å². The van der Waals surface area contributed by atoms with Crippen LogP contribution in [0.5, 0.6) is 0 Å². The van der Waals surface area contributed by atoms with Crippen LogP contribution in [0.1, 0.15) is 18.3 Å². The largest absolute Gasteiger partial charge is 0.374 e. The van der Waals surface area contributed by atoms with Crippen LogP contribution >= 0.6 is 0 Å². The Morgan fingerprint density at radius 3 is 2.82 bits per heavy atom. The standard InChI is InChI=1S/C14H18N2O/c1-2-17-12-14-15-9-11-16(14)10-8-13-6-4-3-5-7-13/h3-7,9,11H,2,8,10,12H2,1H3. The molecule has 0 N–H and O–H groups in total. The predicted molar refractivity (Wildman–Crippen MR) is 67.7 cm³/mol. The van der Waals surface area contributed by atoms with Crippen molar-refractivity contribution in [3.8, 4) is 0 Å². The van der Waals surface area contributed by atoms with Gasteiger partial charge < -0.3 is 9.30 Å². The molecule has 90 valence electrons. The fourth-order valence-electron chi connectivity index (χ4n) is 1.77. The third-order valence-electron chi connectivity index (χ3n) is 2.72. The summed E-state index contributed by atoms with van der Waals surface area (Å²) >= 11 is 0. The third-order valence-corrected chi connectivity index (χ3v) is 2.72. The molecule has 17 heavy (non-hydrogen) atoms. The Morgan fingerprint density at radius 2 is 2.06 bits per heavy atom. The molecule has 0 fully saturated rings. The average Bonchev–Trinajstić information content (AvgIpc) is 2.82. The molecule has 0 aliphatic rings. The van der Waals surface area contributed by atoms with E-state index in [-0.39, 0.29) is 0 Å². The summed E-state index contributed by atoms with van der Waals surface area (Å²) in [6, 6.07) is 10.5. The molecule has 1 aromatic carbocycles. The highest BCUT2D eigenvalue weighted by molar-refractivity contribution is 5.14. The van der Waals surface area contributed by atoms with Crippen molar-refractivity contribution >= 4 is 0 Å². The lowest BCUT2D eigenvalue weighted by molar-refractivity contribution is 0.125. The van der Waals surface area contributed by atoms with Crippen LogP contribution in [0.2, 0.25) is 0 Å². The number of imidazole rings is 1. The highest BCUT2D eigenvalue weighted by Crippen LogP contribution is 2.05. The first-order valence-corrected chi connectivity index (χ1v) is 6.02. The molecule has 2 aromatic rings. The van der Waals surface area contributed by atoms with Crippen LogP contribution < -0.4 is 0 Å². The maximum Gasteiger partial charge on any atom is 0.134 e. The molecule has 0 saturated carbocycles. The van der Waals surface area contributed by atoms with Crippen molar-refractivity contribution in [2.24, 2.45) is 0 Å². The molecule has 0 aliphatic carbocycles. The van der Waals surface area contributed by atoms with Crippen molar-refractivity contribution in [2.45, 2.75) is 26.5 Å². The zero-order valence-corrected chi connectivity index (χ0v) is 10.2. The number of hydrogen-bond donors (Lipinski definition) is 0. The molecule has 1 aromatic heterocycles. The van der Waals surface area contributed by atoms with Crippen molar-refractivity contribution in [3.05, 3.63) is 54.1 Å². The minimum Gasteiger partial charge on any atom is -0.374 e. The van der Waals surface area contributed by atoms with Gasteiger partial charge in [-0.3, -0.25) is 0 Å². The summed E-state index contributed by atoms with van der Waals surface area (Å²) in [5.41, 5.74) is 1.35. The van der Waals surface area contributed by atoms with Gasteiger partial charge in [0.15, 0.2) is 0 Å². The first-order valence-electron chi connectivity index (χ1n) is 6.02. The highest BCUT2D eigenvalue weighted by atomic mass is 16.5. The second kappa shape index (κ2) is 6.21. The van der Waals surface area contributed by atoms with Gasteiger partial charge >= 0.3 is 0 Å². The summed E-state index contributed by atoms with van der Waals surface area (Å²) in [6.07, 6.45) is 4.87. The number of aromatic nitrogens is 2. The van der Waals surface area contributed by atoms with E-state index < -0.39 is 0 Å². The number of nitrogens with zero attached hydrogens (tertiary/aromatic N) is 2. The van der Waals surface area contributed by atoms with Gasteiger partial charge in [0.1, 0.15) is 12.4 Å². The summed E-state index contributed by atoms with van der Waals surface area (Å²) in [5.74, 6) is 1.00. The first-order chi connectivity index (χ1) is 8.40. The molecule has 0 spiro atoms. The molecule has 1 heterocycles. The van der Waals surface area contributed by atoms with Crippen LogP contribution in [-0.4, -0.2) is 16.2 Å². The monoisotopic (exact) mass is 230 g/mol. The summed E-state index contributed by atoms with van der Waals surface area (Å²) < 4.78 is 7.54. The first kappa shape index (κ1) is 11.9. The molecule has 0 radical (unpaired) electrons. The zero-order chi connectivity index (χ0) is 11.9. The van der Waals surface area contributed by atoms with Crippen LogP contribution in [0.3, 0.4) is 0 Å². The fraction of sp³-hybridized carbons (Fsp3) is 0.357. The number of rotatable bonds is 6. The Morgan fingerprint density at radius 1 is 1.24 bits per heavy atom. The van der Waals surface area contributed by atoms with Gasteiger partial charge in [0.2, 0.25) is 0 Å². The van der Waals surface area contributed by atoms with E-state index in [0.29, 0.717) is 6.61 Å². The van der Waals surface area contributed by atoms with E-state index in [2.05, 4.69) is 33.8 Å². The summed E-state index contributed by atoms with van der Waals surface area (Å²) in [6.45, 7) is 4.27. The quantitative estimate of drug-likeness (QED) is 0.763. The van der Waals surface area contributed by atoms with E-state index in [0.717, 1.165) is 25.4 Å². The lowest BCUT2D eigenvalue weighted by Gasteiger charge is -2.07. The Kier molecular flexibility index (Phi) is 4.33.